The monoisotopic (exact) mass is 562 g/mol. The number of hydrogen-bond donors (Lipinski definition) is 2. The summed E-state index contributed by atoms with van der Waals surface area (Å²) in [4.78, 5) is 21.4. The van der Waals surface area contributed by atoms with E-state index in [-0.39, 0.29) is 17.8 Å². The second kappa shape index (κ2) is 12.9. The van der Waals surface area contributed by atoms with E-state index in [2.05, 4.69) is 20.9 Å². The molecule has 0 radical (unpaired) electrons. The van der Waals surface area contributed by atoms with E-state index in [1.54, 1.807) is 12.3 Å². The minimum atomic E-state index is -0.546. The molecule has 1 aromatic heterocycles. The van der Waals surface area contributed by atoms with Crippen molar-refractivity contribution in [1.82, 2.24) is 9.88 Å². The highest BCUT2D eigenvalue weighted by Crippen LogP contribution is 2.35. The number of halogens is 1. The lowest BCUT2D eigenvalue weighted by atomic mass is 9.89. The number of esters is 1. The topological polar surface area (TPSA) is 91.9 Å². The van der Waals surface area contributed by atoms with Crippen LogP contribution in [0.4, 0.5) is 5.69 Å². The number of phenolic OH excluding ortho intramolecular Hbond substituents is 1. The van der Waals surface area contributed by atoms with Crippen LogP contribution in [0.5, 0.6) is 5.75 Å². The number of carbonyl (C=O) groups excluding carboxylic acids is 1. The van der Waals surface area contributed by atoms with Crippen LogP contribution in [0.1, 0.15) is 49.1 Å². The lowest BCUT2D eigenvalue weighted by Crippen LogP contribution is -2.54. The van der Waals surface area contributed by atoms with Crippen LogP contribution in [0.3, 0.4) is 0 Å². The van der Waals surface area contributed by atoms with Crippen LogP contribution in [0, 0.1) is 6.92 Å². The maximum absolute atomic E-state index is 12.3. The van der Waals surface area contributed by atoms with Crippen LogP contribution in [0.15, 0.2) is 66.9 Å². The number of nitrogens with two attached hydrogens (primary N) is 1. The zero-order valence-electron chi connectivity index (χ0n) is 23.7. The Morgan fingerprint density at radius 2 is 1.93 bits per heavy atom. The van der Waals surface area contributed by atoms with Crippen molar-refractivity contribution in [2.75, 3.05) is 38.2 Å². The van der Waals surface area contributed by atoms with Gasteiger partial charge in [0.15, 0.2) is 0 Å². The number of pyridine rings is 1. The van der Waals surface area contributed by atoms with Gasteiger partial charge in [-0.2, -0.15) is 0 Å². The van der Waals surface area contributed by atoms with Crippen molar-refractivity contribution in [3.8, 4) is 5.75 Å². The molecule has 1 saturated heterocycles. The molecule has 8 heteroatoms. The van der Waals surface area contributed by atoms with Gasteiger partial charge in [-0.15, -0.1) is 0 Å². The van der Waals surface area contributed by atoms with Crippen LogP contribution >= 0.6 is 11.6 Å². The van der Waals surface area contributed by atoms with Crippen LogP contribution in [0.2, 0.25) is 5.02 Å². The fourth-order valence-electron chi connectivity index (χ4n) is 5.22. The van der Waals surface area contributed by atoms with Gasteiger partial charge in [0.1, 0.15) is 5.75 Å². The Hall–Kier alpha value is -3.39. The largest absolute Gasteiger partial charge is 0.507 e. The van der Waals surface area contributed by atoms with Crippen molar-refractivity contribution in [1.29, 1.82) is 0 Å². The third-order valence-corrected chi connectivity index (χ3v) is 7.73. The number of aryl methyl sites for hydroxylation is 1. The Labute approximate surface area is 242 Å². The number of ether oxygens (including phenoxy) is 1. The summed E-state index contributed by atoms with van der Waals surface area (Å²) in [6.45, 7) is 9.07. The van der Waals surface area contributed by atoms with E-state index in [0.717, 1.165) is 66.2 Å². The summed E-state index contributed by atoms with van der Waals surface area (Å²) in [5, 5.41) is 11.6. The van der Waals surface area contributed by atoms with Gasteiger partial charge in [-0.3, -0.25) is 14.7 Å². The number of methoxy groups -OCH3 is 1. The van der Waals surface area contributed by atoms with Gasteiger partial charge >= 0.3 is 5.97 Å². The van der Waals surface area contributed by atoms with E-state index >= 15 is 0 Å². The van der Waals surface area contributed by atoms with Crippen molar-refractivity contribution >= 4 is 28.8 Å². The molecule has 212 valence electrons. The zero-order valence-corrected chi connectivity index (χ0v) is 24.5. The van der Waals surface area contributed by atoms with Gasteiger partial charge in [0, 0.05) is 65.4 Å². The van der Waals surface area contributed by atoms with Gasteiger partial charge in [0.05, 0.1) is 19.6 Å². The van der Waals surface area contributed by atoms with Crippen LogP contribution in [0.25, 0.3) is 5.57 Å². The normalized spacial score (nSPS) is 16.7. The third-order valence-electron chi connectivity index (χ3n) is 7.48. The predicted molar refractivity (Wildman–Crippen MR) is 162 cm³/mol. The van der Waals surface area contributed by atoms with Crippen LogP contribution in [-0.2, 0) is 15.1 Å². The minimum Gasteiger partial charge on any atom is -0.507 e. The number of benzene rings is 2. The highest BCUT2D eigenvalue weighted by atomic mass is 35.5. The molecule has 1 unspecified atom stereocenters. The number of carbonyl (C=O) groups is 1. The summed E-state index contributed by atoms with van der Waals surface area (Å²) in [5.41, 5.74) is 11.4. The van der Waals surface area contributed by atoms with Crippen molar-refractivity contribution in [3.05, 3.63) is 94.3 Å². The van der Waals surface area contributed by atoms with E-state index in [9.17, 15) is 9.90 Å². The number of piperazine rings is 1. The van der Waals surface area contributed by atoms with Gasteiger partial charge in [-0.05, 0) is 80.8 Å². The quantitative estimate of drug-likeness (QED) is 0.332. The molecule has 0 bridgehead atoms. The molecule has 0 spiro atoms. The van der Waals surface area contributed by atoms with E-state index < -0.39 is 5.54 Å². The van der Waals surface area contributed by atoms with E-state index in [1.165, 1.54) is 7.11 Å². The predicted octanol–water partition coefficient (Wildman–Crippen LogP) is 5.52. The van der Waals surface area contributed by atoms with Crippen LogP contribution in [-0.4, -0.2) is 60.3 Å². The zero-order chi connectivity index (χ0) is 28.9. The van der Waals surface area contributed by atoms with E-state index in [4.69, 9.17) is 22.1 Å². The number of hydrogen-bond acceptors (Lipinski definition) is 7. The van der Waals surface area contributed by atoms with Crippen molar-refractivity contribution in [2.45, 2.75) is 45.2 Å². The molecule has 7 nitrogen and oxygen atoms in total. The summed E-state index contributed by atoms with van der Waals surface area (Å²) in [7, 11) is 1.43. The summed E-state index contributed by atoms with van der Waals surface area (Å²) < 4.78 is 5.00. The van der Waals surface area contributed by atoms with Crippen molar-refractivity contribution in [3.63, 3.8) is 0 Å². The molecule has 0 aliphatic carbocycles. The Kier molecular flexibility index (Phi) is 9.51. The molecule has 1 fully saturated rings. The second-order valence-corrected chi connectivity index (χ2v) is 11.3. The highest BCUT2D eigenvalue weighted by Gasteiger charge is 2.29. The standard InChI is InChI=1S/C32H39ClN4O3/c1-22-27(7-5-15-35-22)28(29-19-23(32(2,3)34)9-14-30(29)38)8-6-16-36-17-18-37(25-12-10-24(33)11-13-25)26(21-36)20-31(39)40-4/h5,7-15,19,26,38H,6,16-18,20-21,34H2,1-4H3/b28-8+. The first kappa shape index (κ1) is 29.6. The molecule has 4 rings (SSSR count). The minimum absolute atomic E-state index is 0.0149. The number of rotatable bonds is 9. The third kappa shape index (κ3) is 7.22. The number of aromatic nitrogens is 1. The molecule has 3 aromatic rings. The number of phenols is 1. The second-order valence-electron chi connectivity index (χ2n) is 10.9. The first-order valence-electron chi connectivity index (χ1n) is 13.6. The summed E-state index contributed by atoms with van der Waals surface area (Å²) in [5.74, 6) is -0.0181. The number of aromatic hydroxyl groups is 1. The van der Waals surface area contributed by atoms with Crippen LogP contribution < -0.4 is 10.6 Å². The fraction of sp³-hybridized carbons (Fsp3) is 0.375. The lowest BCUT2D eigenvalue weighted by molar-refractivity contribution is -0.141. The maximum Gasteiger partial charge on any atom is 0.307 e. The molecule has 0 saturated carbocycles. The van der Waals surface area contributed by atoms with Crippen molar-refractivity contribution in [2.24, 2.45) is 5.73 Å². The molecule has 1 atom stereocenters. The molecule has 3 N–H and O–H groups in total. The van der Waals surface area contributed by atoms with E-state index in [1.807, 2.05) is 69.3 Å². The maximum atomic E-state index is 12.3. The molecule has 0 amide bonds. The first-order chi connectivity index (χ1) is 19.1. The smallest absolute Gasteiger partial charge is 0.307 e. The fourth-order valence-corrected chi connectivity index (χ4v) is 5.35. The van der Waals surface area contributed by atoms with Gasteiger partial charge in [0.25, 0.3) is 0 Å². The molecule has 2 aromatic carbocycles. The summed E-state index contributed by atoms with van der Waals surface area (Å²) in [6.07, 6.45) is 5.01. The Morgan fingerprint density at radius 3 is 2.60 bits per heavy atom. The van der Waals surface area contributed by atoms with Gasteiger partial charge in [0.2, 0.25) is 0 Å². The molecular weight excluding hydrogens is 524 g/mol. The molecule has 1 aliphatic rings. The van der Waals surface area contributed by atoms with Gasteiger partial charge in [-0.25, -0.2) is 0 Å². The molecular formula is C32H39ClN4O3. The number of nitrogens with zero attached hydrogens (tertiary/aromatic N) is 3. The lowest BCUT2D eigenvalue weighted by Gasteiger charge is -2.42. The SMILES string of the molecule is COC(=O)CC1CN(CC/C=C(/c2cc(C(C)(C)N)ccc2O)c2cccnc2C)CCN1c1ccc(Cl)cc1. The van der Waals surface area contributed by atoms with Gasteiger partial charge in [-0.1, -0.05) is 29.8 Å². The van der Waals surface area contributed by atoms with E-state index in [0.29, 0.717) is 11.4 Å². The first-order valence-corrected chi connectivity index (χ1v) is 14.0. The Morgan fingerprint density at radius 1 is 1.18 bits per heavy atom. The highest BCUT2D eigenvalue weighted by molar-refractivity contribution is 6.30. The average molecular weight is 563 g/mol. The molecule has 2 heterocycles. The van der Waals surface area contributed by atoms with Crippen molar-refractivity contribution < 1.29 is 14.6 Å². The summed E-state index contributed by atoms with van der Waals surface area (Å²) in [6, 6.07) is 17.2. The Bertz CT molecular complexity index is 1350. The Balaban J connectivity index is 1.57. The molecule has 1 aliphatic heterocycles. The number of anilines is 1. The average Bonchev–Trinajstić information content (AvgIpc) is 2.92. The molecule has 40 heavy (non-hydrogen) atoms. The summed E-state index contributed by atoms with van der Waals surface area (Å²) >= 11 is 6.11. The van der Waals surface area contributed by atoms with Gasteiger partial charge < -0.3 is 20.5 Å².